The van der Waals surface area contributed by atoms with E-state index in [0.717, 1.165) is 21.8 Å². The van der Waals surface area contributed by atoms with Gasteiger partial charge in [0.1, 0.15) is 5.03 Å². The zero-order valence-electron chi connectivity index (χ0n) is 11.5. The molecule has 0 saturated heterocycles. The van der Waals surface area contributed by atoms with E-state index in [1.807, 2.05) is 45.0 Å². The van der Waals surface area contributed by atoms with E-state index < -0.39 is 0 Å². The van der Waals surface area contributed by atoms with Crippen LogP contribution in [0.3, 0.4) is 0 Å². The van der Waals surface area contributed by atoms with Crippen LogP contribution in [0, 0.1) is 13.8 Å². The largest absolute Gasteiger partial charge is 0.338 e. The van der Waals surface area contributed by atoms with Gasteiger partial charge >= 0.3 is 0 Å². The van der Waals surface area contributed by atoms with Gasteiger partial charge in [0.05, 0.1) is 22.0 Å². The maximum Gasteiger partial charge on any atom is 0.239 e. The Balaban J connectivity index is 1.92. The minimum atomic E-state index is 0.0466. The van der Waals surface area contributed by atoms with Gasteiger partial charge in [-0.05, 0) is 32.9 Å². The summed E-state index contributed by atoms with van der Waals surface area (Å²) in [5.74, 6) is 1.26. The maximum absolute atomic E-state index is 5.20. The third kappa shape index (κ3) is 2.51. The normalized spacial score (nSPS) is 12.8. The lowest BCUT2D eigenvalue weighted by Gasteiger charge is -2.09. The number of hydrogen-bond donors (Lipinski definition) is 0. The fraction of sp³-hybridized carbons (Fsp3) is 0.286. The van der Waals surface area contributed by atoms with Gasteiger partial charge in [-0.25, -0.2) is 9.97 Å². The Morgan fingerprint density at radius 3 is 2.40 bits per heavy atom. The molecule has 0 saturated carbocycles. The van der Waals surface area contributed by atoms with Crippen molar-refractivity contribution in [2.24, 2.45) is 0 Å². The summed E-state index contributed by atoms with van der Waals surface area (Å²) in [4.78, 5) is 13.5. The molecule has 0 radical (unpaired) electrons. The number of benzene rings is 1. The summed E-state index contributed by atoms with van der Waals surface area (Å²) >= 11 is 1.58. The Labute approximate surface area is 120 Å². The zero-order chi connectivity index (χ0) is 14.1. The molecule has 0 fully saturated rings. The topological polar surface area (TPSA) is 64.7 Å². The minimum Gasteiger partial charge on any atom is -0.338 e. The molecule has 102 valence electrons. The van der Waals surface area contributed by atoms with Crippen molar-refractivity contribution in [1.29, 1.82) is 0 Å². The quantitative estimate of drug-likeness (QED) is 0.687. The number of aromatic nitrogens is 4. The van der Waals surface area contributed by atoms with Crippen LogP contribution in [-0.4, -0.2) is 20.1 Å². The van der Waals surface area contributed by atoms with E-state index in [0.29, 0.717) is 11.7 Å². The van der Waals surface area contributed by atoms with Gasteiger partial charge in [0.2, 0.25) is 5.89 Å². The molecule has 1 aromatic carbocycles. The van der Waals surface area contributed by atoms with E-state index >= 15 is 0 Å². The van der Waals surface area contributed by atoms with Gasteiger partial charge in [-0.1, -0.05) is 29.1 Å². The average molecular weight is 286 g/mol. The first-order chi connectivity index (χ1) is 9.63. The van der Waals surface area contributed by atoms with Crippen molar-refractivity contribution in [3.8, 4) is 0 Å². The van der Waals surface area contributed by atoms with Crippen molar-refractivity contribution in [3.05, 3.63) is 41.7 Å². The molecular weight excluding hydrogens is 272 g/mol. The van der Waals surface area contributed by atoms with E-state index in [2.05, 4.69) is 20.1 Å². The molecule has 0 aliphatic carbocycles. The van der Waals surface area contributed by atoms with Gasteiger partial charge in [-0.3, -0.25) is 0 Å². The summed E-state index contributed by atoms with van der Waals surface area (Å²) in [6, 6.07) is 7.86. The number of hydrogen-bond acceptors (Lipinski definition) is 6. The lowest BCUT2D eigenvalue weighted by Crippen LogP contribution is -1.96. The van der Waals surface area contributed by atoms with Crippen LogP contribution < -0.4 is 0 Å². The molecule has 0 aliphatic rings. The number of fused-ring (bicyclic) bond motifs is 1. The summed E-state index contributed by atoms with van der Waals surface area (Å²) < 4.78 is 5.20. The van der Waals surface area contributed by atoms with Crippen LogP contribution in [-0.2, 0) is 0 Å². The summed E-state index contributed by atoms with van der Waals surface area (Å²) in [5, 5.41) is 4.76. The Morgan fingerprint density at radius 2 is 1.75 bits per heavy atom. The van der Waals surface area contributed by atoms with Crippen LogP contribution in [0.4, 0.5) is 0 Å². The van der Waals surface area contributed by atoms with E-state index in [1.165, 1.54) is 0 Å². The molecule has 0 spiro atoms. The predicted molar refractivity (Wildman–Crippen MR) is 77.6 cm³/mol. The molecule has 5 nitrogen and oxygen atoms in total. The number of para-hydroxylation sites is 2. The van der Waals surface area contributed by atoms with Crippen LogP contribution in [0.5, 0.6) is 0 Å². The van der Waals surface area contributed by atoms with E-state index in [-0.39, 0.29) is 5.25 Å². The lowest BCUT2D eigenvalue weighted by molar-refractivity contribution is 0.376. The summed E-state index contributed by atoms with van der Waals surface area (Å²) in [7, 11) is 0. The molecular formula is C14H14N4OS. The summed E-state index contributed by atoms with van der Waals surface area (Å²) in [6.45, 7) is 5.80. The molecule has 3 aromatic rings. The first-order valence-corrected chi connectivity index (χ1v) is 7.21. The van der Waals surface area contributed by atoms with Crippen LogP contribution in [0.15, 0.2) is 33.8 Å². The van der Waals surface area contributed by atoms with Gasteiger partial charge < -0.3 is 4.52 Å². The molecule has 2 aromatic heterocycles. The monoisotopic (exact) mass is 286 g/mol. The lowest BCUT2D eigenvalue weighted by atomic mass is 10.3. The van der Waals surface area contributed by atoms with Gasteiger partial charge in [0, 0.05) is 0 Å². The maximum atomic E-state index is 5.20. The van der Waals surface area contributed by atoms with Crippen molar-refractivity contribution < 1.29 is 4.52 Å². The molecule has 1 atom stereocenters. The molecule has 0 amide bonds. The molecule has 0 aliphatic heterocycles. The summed E-state index contributed by atoms with van der Waals surface area (Å²) in [5.41, 5.74) is 2.72. The first-order valence-electron chi connectivity index (χ1n) is 6.34. The second-order valence-electron chi connectivity index (χ2n) is 4.54. The smallest absolute Gasteiger partial charge is 0.239 e. The van der Waals surface area contributed by atoms with Crippen molar-refractivity contribution >= 4 is 22.8 Å². The Hall–Kier alpha value is -1.95. The SMILES string of the molecule is Cc1noc(C(C)Sc2nc3ccccc3nc2C)n1. The molecule has 3 rings (SSSR count). The minimum absolute atomic E-state index is 0.0466. The van der Waals surface area contributed by atoms with Crippen LogP contribution in [0.1, 0.15) is 29.6 Å². The highest BCUT2D eigenvalue weighted by molar-refractivity contribution is 7.99. The fourth-order valence-electron chi connectivity index (χ4n) is 1.88. The predicted octanol–water partition coefficient (Wildman–Crippen LogP) is 3.48. The van der Waals surface area contributed by atoms with Crippen LogP contribution >= 0.6 is 11.8 Å². The van der Waals surface area contributed by atoms with E-state index in [1.54, 1.807) is 11.8 Å². The van der Waals surface area contributed by atoms with E-state index in [9.17, 15) is 0 Å². The highest BCUT2D eigenvalue weighted by atomic mass is 32.2. The molecule has 0 bridgehead atoms. The van der Waals surface area contributed by atoms with Crippen molar-refractivity contribution in [2.45, 2.75) is 31.0 Å². The van der Waals surface area contributed by atoms with Crippen molar-refractivity contribution in [1.82, 2.24) is 20.1 Å². The second-order valence-corrected chi connectivity index (χ2v) is 5.87. The van der Waals surface area contributed by atoms with Gasteiger partial charge in [-0.2, -0.15) is 4.98 Å². The molecule has 6 heteroatoms. The van der Waals surface area contributed by atoms with Crippen molar-refractivity contribution in [2.75, 3.05) is 0 Å². The zero-order valence-corrected chi connectivity index (χ0v) is 12.3. The average Bonchev–Trinajstić information content (AvgIpc) is 2.86. The Bertz CT molecular complexity index is 756. The Morgan fingerprint density at radius 1 is 1.05 bits per heavy atom. The first kappa shape index (κ1) is 13.1. The third-order valence-corrected chi connectivity index (χ3v) is 4.05. The van der Waals surface area contributed by atoms with Crippen LogP contribution in [0.2, 0.25) is 0 Å². The number of thioether (sulfide) groups is 1. The number of nitrogens with zero attached hydrogens (tertiary/aromatic N) is 4. The molecule has 2 heterocycles. The van der Waals surface area contributed by atoms with Crippen LogP contribution in [0.25, 0.3) is 11.0 Å². The second kappa shape index (κ2) is 5.20. The highest BCUT2D eigenvalue weighted by Crippen LogP contribution is 2.34. The van der Waals surface area contributed by atoms with E-state index in [4.69, 9.17) is 4.52 Å². The standard InChI is InChI=1S/C14H14N4OS/c1-8-14(17-12-7-5-4-6-11(12)15-8)20-9(2)13-16-10(3)18-19-13/h4-7,9H,1-3H3. The molecule has 20 heavy (non-hydrogen) atoms. The van der Waals surface area contributed by atoms with Gasteiger partial charge in [-0.15, -0.1) is 0 Å². The highest BCUT2D eigenvalue weighted by Gasteiger charge is 2.17. The number of aryl methyl sites for hydroxylation is 2. The van der Waals surface area contributed by atoms with Gasteiger partial charge in [0.15, 0.2) is 5.82 Å². The molecule has 1 unspecified atom stereocenters. The van der Waals surface area contributed by atoms with Gasteiger partial charge in [0.25, 0.3) is 0 Å². The fourth-order valence-corrected chi connectivity index (χ4v) is 2.78. The number of rotatable bonds is 3. The Kier molecular flexibility index (Phi) is 3.40. The third-order valence-electron chi connectivity index (χ3n) is 2.88. The summed E-state index contributed by atoms with van der Waals surface area (Å²) in [6.07, 6.45) is 0. The molecule has 0 N–H and O–H groups in total. The van der Waals surface area contributed by atoms with Crippen molar-refractivity contribution in [3.63, 3.8) is 0 Å².